The number of aromatic nitrogens is 1. The molecule has 2 saturated carbocycles. The molecular weight excluding hydrogens is 258 g/mol. The van der Waals surface area contributed by atoms with E-state index in [4.69, 9.17) is 11.6 Å². The van der Waals surface area contributed by atoms with Crippen LogP contribution in [0.15, 0.2) is 24.4 Å². The molecule has 0 aliphatic heterocycles. The number of rotatable bonds is 2. The monoisotopic (exact) mass is 273 g/mol. The Morgan fingerprint density at radius 2 is 1.95 bits per heavy atom. The summed E-state index contributed by atoms with van der Waals surface area (Å²) in [6.07, 6.45) is 6.89. The fraction of sp³-hybridized carbons (Fsp3) is 0.438. The topological polar surface area (TPSA) is 32.9 Å². The highest BCUT2D eigenvalue weighted by Crippen LogP contribution is 2.56. The number of carbonyl (C=O) groups is 1. The third kappa shape index (κ3) is 1.66. The maximum Gasteiger partial charge on any atom is 0.168 e. The van der Waals surface area contributed by atoms with Crippen LogP contribution in [0.5, 0.6) is 0 Å². The fourth-order valence-electron chi connectivity index (χ4n) is 3.90. The summed E-state index contributed by atoms with van der Waals surface area (Å²) in [4.78, 5) is 15.9. The Hall–Kier alpha value is -1.28. The number of benzene rings is 1. The van der Waals surface area contributed by atoms with Crippen molar-refractivity contribution in [3.63, 3.8) is 0 Å². The molecule has 2 unspecified atom stereocenters. The van der Waals surface area contributed by atoms with Crippen LogP contribution in [-0.4, -0.2) is 10.8 Å². The van der Waals surface area contributed by atoms with Gasteiger partial charge >= 0.3 is 0 Å². The zero-order valence-electron chi connectivity index (χ0n) is 10.7. The van der Waals surface area contributed by atoms with E-state index in [2.05, 4.69) is 4.98 Å². The molecule has 2 aliphatic rings. The number of hydrogen-bond donors (Lipinski definition) is 1. The van der Waals surface area contributed by atoms with E-state index < -0.39 is 0 Å². The molecule has 1 heterocycles. The first-order valence-corrected chi connectivity index (χ1v) is 7.45. The molecular formula is C16H16ClNO. The van der Waals surface area contributed by atoms with Crippen LogP contribution in [0.25, 0.3) is 10.9 Å². The summed E-state index contributed by atoms with van der Waals surface area (Å²) < 4.78 is 0. The largest absolute Gasteiger partial charge is 0.360 e. The van der Waals surface area contributed by atoms with Gasteiger partial charge in [0.15, 0.2) is 5.78 Å². The highest BCUT2D eigenvalue weighted by Gasteiger charge is 2.54. The zero-order valence-corrected chi connectivity index (χ0v) is 11.4. The minimum absolute atomic E-state index is 0.262. The van der Waals surface area contributed by atoms with Gasteiger partial charge in [0.1, 0.15) is 0 Å². The van der Waals surface area contributed by atoms with E-state index in [0.717, 1.165) is 16.5 Å². The van der Waals surface area contributed by atoms with Gasteiger partial charge in [0.25, 0.3) is 0 Å². The predicted octanol–water partition coefficient (Wildman–Crippen LogP) is 4.44. The molecule has 0 bridgehead atoms. The lowest BCUT2D eigenvalue weighted by molar-refractivity contribution is 0.0958. The summed E-state index contributed by atoms with van der Waals surface area (Å²) >= 11 is 6.25. The second kappa shape index (κ2) is 4.11. The molecule has 0 radical (unpaired) electrons. The average molecular weight is 274 g/mol. The van der Waals surface area contributed by atoms with Crippen molar-refractivity contribution in [1.82, 2.24) is 4.98 Å². The Bertz CT molecular complexity index is 648. The van der Waals surface area contributed by atoms with Crippen LogP contribution in [0.3, 0.4) is 0 Å². The number of aromatic amines is 1. The van der Waals surface area contributed by atoms with E-state index in [0.29, 0.717) is 22.6 Å². The summed E-state index contributed by atoms with van der Waals surface area (Å²) in [5.74, 6) is 1.86. The van der Waals surface area contributed by atoms with E-state index in [-0.39, 0.29) is 5.92 Å². The van der Waals surface area contributed by atoms with Crippen LogP contribution in [-0.2, 0) is 0 Å². The first kappa shape index (κ1) is 11.5. The Morgan fingerprint density at radius 1 is 1.21 bits per heavy atom. The predicted molar refractivity (Wildman–Crippen MR) is 76.6 cm³/mol. The van der Waals surface area contributed by atoms with E-state index in [1.54, 1.807) is 0 Å². The number of Topliss-reactive ketones (excluding diaryl/α,β-unsaturated/α-hetero) is 1. The summed E-state index contributed by atoms with van der Waals surface area (Å²) in [5, 5.41) is 1.57. The van der Waals surface area contributed by atoms with E-state index >= 15 is 0 Å². The summed E-state index contributed by atoms with van der Waals surface area (Å²) in [7, 11) is 0. The van der Waals surface area contributed by atoms with Gasteiger partial charge in [0, 0.05) is 28.6 Å². The van der Waals surface area contributed by atoms with Gasteiger partial charge in [-0.2, -0.15) is 0 Å². The highest BCUT2D eigenvalue weighted by molar-refractivity contribution is 6.37. The molecule has 1 aromatic heterocycles. The van der Waals surface area contributed by atoms with Gasteiger partial charge in [-0.25, -0.2) is 0 Å². The fourth-order valence-corrected chi connectivity index (χ4v) is 4.17. The molecule has 2 atom stereocenters. The lowest BCUT2D eigenvalue weighted by Gasteiger charge is -2.04. The minimum atomic E-state index is 0.262. The molecule has 0 saturated heterocycles. The van der Waals surface area contributed by atoms with Crippen LogP contribution in [0.1, 0.15) is 36.0 Å². The summed E-state index contributed by atoms with van der Waals surface area (Å²) in [5.41, 5.74) is 1.75. The standard InChI is InChI=1S/C16H16ClNO/c17-12-6-3-7-13-15(12)11(8-18-13)16(19)14-9-4-1-2-5-10(9)14/h3,6-10,14,18H,1-2,4-5H2. The summed E-state index contributed by atoms with van der Waals surface area (Å²) in [6, 6.07) is 5.73. The lowest BCUT2D eigenvalue weighted by atomic mass is 10.0. The molecule has 1 aromatic carbocycles. The molecule has 2 aromatic rings. The molecule has 4 rings (SSSR count). The van der Waals surface area contributed by atoms with Gasteiger partial charge in [0.2, 0.25) is 0 Å². The smallest absolute Gasteiger partial charge is 0.168 e. The Labute approximate surface area is 117 Å². The molecule has 98 valence electrons. The molecule has 2 nitrogen and oxygen atoms in total. The molecule has 0 amide bonds. The second-order valence-electron chi connectivity index (χ2n) is 5.87. The SMILES string of the molecule is O=C(c1c[nH]c2cccc(Cl)c12)C1C2CCCCC21. The number of carbonyl (C=O) groups excluding carboxylic acids is 1. The molecule has 2 fully saturated rings. The number of ketones is 1. The highest BCUT2D eigenvalue weighted by atomic mass is 35.5. The third-order valence-electron chi connectivity index (χ3n) is 4.88. The Balaban J connectivity index is 1.73. The van der Waals surface area contributed by atoms with Crippen molar-refractivity contribution in [3.8, 4) is 0 Å². The zero-order chi connectivity index (χ0) is 13.0. The Morgan fingerprint density at radius 3 is 2.68 bits per heavy atom. The number of H-pyrrole nitrogens is 1. The van der Waals surface area contributed by atoms with Crippen molar-refractivity contribution in [2.24, 2.45) is 17.8 Å². The third-order valence-corrected chi connectivity index (χ3v) is 5.19. The van der Waals surface area contributed by atoms with Gasteiger partial charge < -0.3 is 4.98 Å². The van der Waals surface area contributed by atoms with Crippen LogP contribution in [0, 0.1) is 17.8 Å². The van der Waals surface area contributed by atoms with Gasteiger partial charge in [0.05, 0.1) is 5.02 Å². The van der Waals surface area contributed by atoms with E-state index in [1.165, 1.54) is 25.7 Å². The molecule has 0 spiro atoms. The maximum atomic E-state index is 12.7. The minimum Gasteiger partial charge on any atom is -0.360 e. The number of hydrogen-bond acceptors (Lipinski definition) is 1. The van der Waals surface area contributed by atoms with Gasteiger partial charge in [-0.3, -0.25) is 4.79 Å². The van der Waals surface area contributed by atoms with Crippen molar-refractivity contribution < 1.29 is 4.79 Å². The van der Waals surface area contributed by atoms with Crippen LogP contribution >= 0.6 is 11.6 Å². The van der Waals surface area contributed by atoms with Crippen molar-refractivity contribution in [1.29, 1.82) is 0 Å². The first-order chi connectivity index (χ1) is 9.27. The van der Waals surface area contributed by atoms with Gasteiger partial charge in [-0.05, 0) is 36.8 Å². The quantitative estimate of drug-likeness (QED) is 0.806. The number of nitrogens with one attached hydrogen (secondary N) is 1. The Kier molecular flexibility index (Phi) is 2.49. The summed E-state index contributed by atoms with van der Waals surface area (Å²) in [6.45, 7) is 0. The normalized spacial score (nSPS) is 29.2. The van der Waals surface area contributed by atoms with E-state index in [1.807, 2.05) is 24.4 Å². The van der Waals surface area contributed by atoms with Crippen molar-refractivity contribution in [2.75, 3.05) is 0 Å². The van der Waals surface area contributed by atoms with Crippen LogP contribution < -0.4 is 0 Å². The number of fused-ring (bicyclic) bond motifs is 2. The maximum absolute atomic E-state index is 12.7. The second-order valence-corrected chi connectivity index (χ2v) is 6.27. The molecule has 3 heteroatoms. The number of halogens is 1. The van der Waals surface area contributed by atoms with Crippen LogP contribution in [0.2, 0.25) is 5.02 Å². The lowest BCUT2D eigenvalue weighted by Crippen LogP contribution is -2.03. The molecule has 19 heavy (non-hydrogen) atoms. The van der Waals surface area contributed by atoms with Crippen molar-refractivity contribution in [2.45, 2.75) is 25.7 Å². The molecule has 1 N–H and O–H groups in total. The van der Waals surface area contributed by atoms with Gasteiger partial charge in [-0.15, -0.1) is 0 Å². The van der Waals surface area contributed by atoms with E-state index in [9.17, 15) is 4.79 Å². The molecule has 2 aliphatic carbocycles. The van der Waals surface area contributed by atoms with Gasteiger partial charge in [-0.1, -0.05) is 30.5 Å². The average Bonchev–Trinajstić information content (AvgIpc) is 2.99. The van der Waals surface area contributed by atoms with Crippen LogP contribution in [0.4, 0.5) is 0 Å². The van der Waals surface area contributed by atoms with Crippen molar-refractivity contribution in [3.05, 3.63) is 35.0 Å². The van der Waals surface area contributed by atoms with Crippen molar-refractivity contribution >= 4 is 28.3 Å². The first-order valence-electron chi connectivity index (χ1n) is 7.07.